The van der Waals surface area contributed by atoms with Gasteiger partial charge in [-0.3, -0.25) is 4.79 Å². The van der Waals surface area contributed by atoms with Crippen molar-refractivity contribution >= 4 is 11.7 Å². The molecule has 0 saturated carbocycles. The Hall–Kier alpha value is -3.25. The Morgan fingerprint density at radius 2 is 1.62 bits per heavy atom. The number of fused-ring (bicyclic) bond motifs is 1. The zero-order valence-electron chi connectivity index (χ0n) is 20.2. The van der Waals surface area contributed by atoms with Gasteiger partial charge in [0.15, 0.2) is 5.82 Å². The number of rotatable bonds is 5. The zero-order chi connectivity index (χ0) is 23.5. The van der Waals surface area contributed by atoms with Crippen LogP contribution in [0.25, 0.3) is 11.4 Å². The molecule has 2 aliphatic rings. The van der Waals surface area contributed by atoms with Gasteiger partial charge in [-0.15, -0.1) is 0 Å². The normalized spacial score (nSPS) is 16.4. The summed E-state index contributed by atoms with van der Waals surface area (Å²) >= 11 is 0. The van der Waals surface area contributed by atoms with E-state index in [1.807, 2.05) is 35.2 Å². The molecule has 3 heterocycles. The molecular weight excluding hydrogens is 422 g/mol. The largest absolute Gasteiger partial charge is 0.354 e. The molecule has 0 N–H and O–H groups in total. The van der Waals surface area contributed by atoms with Gasteiger partial charge in [-0.05, 0) is 30.7 Å². The minimum atomic E-state index is 0.0854. The number of benzene rings is 2. The molecule has 3 aromatic rings. The van der Waals surface area contributed by atoms with Gasteiger partial charge in [-0.25, -0.2) is 9.97 Å². The van der Waals surface area contributed by atoms with Crippen molar-refractivity contribution in [2.24, 2.45) is 0 Å². The second kappa shape index (κ2) is 9.94. The van der Waals surface area contributed by atoms with E-state index in [4.69, 9.17) is 9.97 Å². The molecule has 1 amide bonds. The number of carbonyl (C=O) groups excluding carboxylic acids is 1. The number of aromatic nitrogens is 2. The van der Waals surface area contributed by atoms with Crippen LogP contribution in [0.2, 0.25) is 0 Å². The third-order valence-corrected chi connectivity index (χ3v) is 7.09. The molecule has 1 aromatic heterocycles. The van der Waals surface area contributed by atoms with Gasteiger partial charge < -0.3 is 14.7 Å². The molecular formula is C28H33N5O. The molecule has 176 valence electrons. The molecule has 6 heteroatoms. The van der Waals surface area contributed by atoms with Crippen molar-refractivity contribution < 1.29 is 4.79 Å². The van der Waals surface area contributed by atoms with E-state index in [-0.39, 0.29) is 5.91 Å². The second-order valence-corrected chi connectivity index (χ2v) is 9.11. The number of likely N-dealkylation sites (N-methyl/N-ethyl adjacent to an activating group) is 1. The number of piperazine rings is 1. The van der Waals surface area contributed by atoms with Crippen LogP contribution < -0.4 is 4.90 Å². The molecule has 1 fully saturated rings. The van der Waals surface area contributed by atoms with E-state index in [2.05, 4.69) is 47.9 Å². The fraction of sp³-hybridized carbons (Fsp3) is 0.393. The fourth-order valence-corrected chi connectivity index (χ4v) is 4.89. The van der Waals surface area contributed by atoms with Crippen molar-refractivity contribution in [3.8, 4) is 11.4 Å². The van der Waals surface area contributed by atoms with Crippen LogP contribution in [0.3, 0.4) is 0 Å². The van der Waals surface area contributed by atoms with Crippen LogP contribution in [0, 0.1) is 0 Å². The Labute approximate surface area is 202 Å². The van der Waals surface area contributed by atoms with Gasteiger partial charge in [0, 0.05) is 55.8 Å². The average molecular weight is 456 g/mol. The number of carbonyl (C=O) groups is 1. The first-order chi connectivity index (χ1) is 16.7. The lowest BCUT2D eigenvalue weighted by atomic mass is 10.0. The Balaban J connectivity index is 1.47. The molecule has 0 spiro atoms. The van der Waals surface area contributed by atoms with Gasteiger partial charge in [0.2, 0.25) is 0 Å². The lowest BCUT2D eigenvalue weighted by Crippen LogP contribution is -2.47. The Kier molecular flexibility index (Phi) is 6.59. The lowest BCUT2D eigenvalue weighted by molar-refractivity contribution is 0.0733. The van der Waals surface area contributed by atoms with E-state index in [0.717, 1.165) is 79.6 Å². The number of nitrogens with zero attached hydrogens (tertiary/aromatic N) is 5. The highest BCUT2D eigenvalue weighted by molar-refractivity contribution is 5.94. The maximum atomic E-state index is 13.3. The lowest BCUT2D eigenvalue weighted by Gasteiger charge is -2.38. The van der Waals surface area contributed by atoms with E-state index in [9.17, 15) is 4.79 Å². The predicted octanol–water partition coefficient (Wildman–Crippen LogP) is 4.05. The highest BCUT2D eigenvalue weighted by Gasteiger charge is 2.29. The van der Waals surface area contributed by atoms with Gasteiger partial charge >= 0.3 is 0 Å². The summed E-state index contributed by atoms with van der Waals surface area (Å²) in [6, 6.07) is 18.2. The van der Waals surface area contributed by atoms with Crippen molar-refractivity contribution in [2.75, 3.05) is 44.2 Å². The fourth-order valence-electron chi connectivity index (χ4n) is 4.89. The first-order valence-electron chi connectivity index (χ1n) is 12.5. The van der Waals surface area contributed by atoms with Gasteiger partial charge in [-0.1, -0.05) is 56.3 Å². The summed E-state index contributed by atoms with van der Waals surface area (Å²) in [5.74, 6) is 1.86. The zero-order valence-corrected chi connectivity index (χ0v) is 20.2. The number of hydrogen-bond donors (Lipinski definition) is 0. The minimum Gasteiger partial charge on any atom is -0.354 e. The summed E-state index contributed by atoms with van der Waals surface area (Å²) < 4.78 is 0. The van der Waals surface area contributed by atoms with Crippen LogP contribution in [0.5, 0.6) is 0 Å². The molecule has 0 unspecified atom stereocenters. The molecule has 0 atom stereocenters. The average Bonchev–Trinajstić information content (AvgIpc) is 2.92. The molecule has 34 heavy (non-hydrogen) atoms. The number of anilines is 1. The molecule has 6 nitrogen and oxygen atoms in total. The third kappa shape index (κ3) is 4.55. The standard InChI is InChI=1S/C28H33N5O/c1-3-21-10-12-23(13-11-21)28(34)33-15-14-25-24(20-33)27(32-18-16-31(4-2)17-19-32)30-26(29-25)22-8-6-5-7-9-22/h5-13H,3-4,14-20H2,1-2H3. The molecule has 0 radical (unpaired) electrons. The van der Waals surface area contributed by atoms with E-state index in [1.165, 1.54) is 5.56 Å². The highest BCUT2D eigenvalue weighted by Crippen LogP contribution is 2.31. The third-order valence-electron chi connectivity index (χ3n) is 7.09. The smallest absolute Gasteiger partial charge is 0.254 e. The molecule has 5 rings (SSSR count). The molecule has 0 bridgehead atoms. The van der Waals surface area contributed by atoms with E-state index >= 15 is 0 Å². The van der Waals surface area contributed by atoms with E-state index in [1.54, 1.807) is 0 Å². The van der Waals surface area contributed by atoms with Crippen LogP contribution in [0.1, 0.15) is 41.0 Å². The van der Waals surface area contributed by atoms with Crippen LogP contribution >= 0.6 is 0 Å². The summed E-state index contributed by atoms with van der Waals surface area (Å²) in [5, 5.41) is 0. The summed E-state index contributed by atoms with van der Waals surface area (Å²) in [6.45, 7) is 10.6. The van der Waals surface area contributed by atoms with Crippen LogP contribution in [0.15, 0.2) is 54.6 Å². The van der Waals surface area contributed by atoms with Gasteiger partial charge in [0.25, 0.3) is 5.91 Å². The second-order valence-electron chi connectivity index (χ2n) is 9.11. The minimum absolute atomic E-state index is 0.0854. The summed E-state index contributed by atoms with van der Waals surface area (Å²) in [7, 11) is 0. The Morgan fingerprint density at radius 1 is 0.882 bits per heavy atom. The number of amides is 1. The SMILES string of the molecule is CCc1ccc(C(=O)N2CCc3nc(-c4ccccc4)nc(N4CCN(CC)CC4)c3C2)cc1. The topological polar surface area (TPSA) is 52.6 Å². The first-order valence-corrected chi connectivity index (χ1v) is 12.5. The van der Waals surface area contributed by atoms with Crippen molar-refractivity contribution in [3.63, 3.8) is 0 Å². The van der Waals surface area contributed by atoms with Crippen molar-refractivity contribution in [3.05, 3.63) is 77.0 Å². The number of hydrogen-bond acceptors (Lipinski definition) is 5. The molecule has 2 aliphatic heterocycles. The highest BCUT2D eigenvalue weighted by atomic mass is 16.2. The van der Waals surface area contributed by atoms with Crippen LogP contribution in [0.4, 0.5) is 5.82 Å². The summed E-state index contributed by atoms with van der Waals surface area (Å²) in [5.41, 5.74) is 5.21. The van der Waals surface area contributed by atoms with Crippen molar-refractivity contribution in [2.45, 2.75) is 33.2 Å². The van der Waals surface area contributed by atoms with Gasteiger partial charge in [0.05, 0.1) is 12.2 Å². The van der Waals surface area contributed by atoms with Crippen LogP contribution in [-0.2, 0) is 19.4 Å². The monoisotopic (exact) mass is 455 g/mol. The first kappa shape index (κ1) is 22.5. The molecule has 1 saturated heterocycles. The van der Waals surface area contributed by atoms with Crippen molar-refractivity contribution in [1.82, 2.24) is 19.8 Å². The van der Waals surface area contributed by atoms with E-state index < -0.39 is 0 Å². The van der Waals surface area contributed by atoms with Gasteiger partial charge in [0.1, 0.15) is 5.82 Å². The van der Waals surface area contributed by atoms with Gasteiger partial charge in [-0.2, -0.15) is 0 Å². The van der Waals surface area contributed by atoms with Crippen LogP contribution in [-0.4, -0.2) is 64.9 Å². The summed E-state index contributed by atoms with van der Waals surface area (Å²) in [6.07, 6.45) is 1.72. The maximum Gasteiger partial charge on any atom is 0.254 e. The molecule has 2 aromatic carbocycles. The molecule has 0 aliphatic carbocycles. The Morgan fingerprint density at radius 3 is 2.29 bits per heavy atom. The van der Waals surface area contributed by atoms with E-state index in [0.29, 0.717) is 13.1 Å². The number of aryl methyl sites for hydroxylation is 1. The maximum absolute atomic E-state index is 13.3. The van der Waals surface area contributed by atoms with Crippen molar-refractivity contribution in [1.29, 1.82) is 0 Å². The Bertz CT molecular complexity index is 1140. The summed E-state index contributed by atoms with van der Waals surface area (Å²) in [4.78, 5) is 30.2. The predicted molar refractivity (Wildman–Crippen MR) is 136 cm³/mol. The quantitative estimate of drug-likeness (QED) is 0.581.